The van der Waals surface area contributed by atoms with E-state index in [0.29, 0.717) is 6.04 Å². The molecule has 2 saturated heterocycles. The fourth-order valence-electron chi connectivity index (χ4n) is 2.41. The van der Waals surface area contributed by atoms with Crippen LogP contribution < -0.4 is 5.32 Å². The number of terminal acetylenes is 1. The molecule has 1 N–H and O–H groups in total. The van der Waals surface area contributed by atoms with Crippen molar-refractivity contribution in [2.24, 2.45) is 0 Å². The molecule has 3 heteroatoms. The minimum atomic E-state index is 0.00601. The first-order valence-electron chi connectivity index (χ1n) is 5.73. The van der Waals surface area contributed by atoms with Gasteiger partial charge in [0.1, 0.15) is 0 Å². The zero-order chi connectivity index (χ0) is 10.6. The maximum Gasteiger partial charge on any atom is 0.0951 e. The highest BCUT2D eigenvalue weighted by atomic mass is 16.6. The van der Waals surface area contributed by atoms with Crippen LogP contribution in [0.4, 0.5) is 0 Å². The second kappa shape index (κ2) is 4.98. The summed E-state index contributed by atoms with van der Waals surface area (Å²) in [4.78, 5) is 0. The highest BCUT2D eigenvalue weighted by Crippen LogP contribution is 2.32. The smallest absolute Gasteiger partial charge is 0.0951 e. The number of rotatable bonds is 3. The summed E-state index contributed by atoms with van der Waals surface area (Å²) >= 11 is 0. The van der Waals surface area contributed by atoms with Gasteiger partial charge in [-0.3, -0.25) is 0 Å². The van der Waals surface area contributed by atoms with Crippen molar-refractivity contribution in [1.82, 2.24) is 5.32 Å². The molecule has 2 rings (SSSR count). The predicted molar refractivity (Wildman–Crippen MR) is 58.6 cm³/mol. The van der Waals surface area contributed by atoms with Crippen molar-refractivity contribution in [3.63, 3.8) is 0 Å². The van der Waals surface area contributed by atoms with Gasteiger partial charge in [-0.15, -0.1) is 12.3 Å². The molecule has 2 atom stereocenters. The van der Waals surface area contributed by atoms with E-state index >= 15 is 0 Å². The second-order valence-corrected chi connectivity index (χ2v) is 4.43. The van der Waals surface area contributed by atoms with Crippen LogP contribution in [0.15, 0.2) is 0 Å². The summed E-state index contributed by atoms with van der Waals surface area (Å²) in [5, 5.41) is 3.50. The molecule has 0 radical (unpaired) electrons. The summed E-state index contributed by atoms with van der Waals surface area (Å²) in [6.07, 6.45) is 9.23. The van der Waals surface area contributed by atoms with Crippen LogP contribution in [0.25, 0.3) is 0 Å². The van der Waals surface area contributed by atoms with Crippen LogP contribution in [-0.2, 0) is 9.47 Å². The second-order valence-electron chi connectivity index (χ2n) is 4.43. The van der Waals surface area contributed by atoms with Gasteiger partial charge >= 0.3 is 0 Å². The van der Waals surface area contributed by atoms with Crippen molar-refractivity contribution in [1.29, 1.82) is 0 Å². The fourth-order valence-corrected chi connectivity index (χ4v) is 2.41. The largest absolute Gasteiger partial charge is 0.378 e. The van der Waals surface area contributed by atoms with E-state index in [1.54, 1.807) is 0 Å². The van der Waals surface area contributed by atoms with E-state index in [-0.39, 0.29) is 5.60 Å². The molecule has 3 nitrogen and oxygen atoms in total. The molecule has 2 fully saturated rings. The molecule has 2 aliphatic heterocycles. The predicted octanol–water partition coefficient (Wildman–Crippen LogP) is 0.937. The molecule has 1 spiro atoms. The Morgan fingerprint density at radius 3 is 3.13 bits per heavy atom. The third-order valence-corrected chi connectivity index (χ3v) is 3.26. The molecule has 15 heavy (non-hydrogen) atoms. The van der Waals surface area contributed by atoms with Gasteiger partial charge in [-0.25, -0.2) is 0 Å². The summed E-state index contributed by atoms with van der Waals surface area (Å²) in [5.41, 5.74) is 0.00601. The van der Waals surface area contributed by atoms with E-state index < -0.39 is 0 Å². The molecular formula is C12H19NO2. The third-order valence-electron chi connectivity index (χ3n) is 3.26. The van der Waals surface area contributed by atoms with Gasteiger partial charge in [-0.05, 0) is 12.8 Å². The molecule has 0 aromatic carbocycles. The zero-order valence-corrected chi connectivity index (χ0v) is 9.13. The van der Waals surface area contributed by atoms with Crippen molar-refractivity contribution in [3.05, 3.63) is 0 Å². The minimum absolute atomic E-state index is 0.00601. The highest BCUT2D eigenvalue weighted by molar-refractivity contribution is 4.93. The Morgan fingerprint density at radius 1 is 1.47 bits per heavy atom. The fraction of sp³-hybridized carbons (Fsp3) is 0.833. The van der Waals surface area contributed by atoms with Crippen molar-refractivity contribution >= 4 is 0 Å². The lowest BCUT2D eigenvalue weighted by atomic mass is 9.89. The van der Waals surface area contributed by atoms with Crippen LogP contribution in [0, 0.1) is 12.3 Å². The average molecular weight is 209 g/mol. The molecule has 0 bridgehead atoms. The molecule has 0 aromatic rings. The first-order chi connectivity index (χ1) is 7.35. The quantitative estimate of drug-likeness (QED) is 0.554. The van der Waals surface area contributed by atoms with Gasteiger partial charge in [-0.1, -0.05) is 0 Å². The Kier molecular flexibility index (Phi) is 3.63. The summed E-state index contributed by atoms with van der Waals surface area (Å²) < 4.78 is 11.3. The first-order valence-corrected chi connectivity index (χ1v) is 5.73. The number of hydrogen-bond acceptors (Lipinski definition) is 3. The number of nitrogens with one attached hydrogen (secondary N) is 1. The summed E-state index contributed by atoms with van der Waals surface area (Å²) in [7, 11) is 0. The lowest BCUT2D eigenvalue weighted by Gasteiger charge is -2.37. The van der Waals surface area contributed by atoms with Gasteiger partial charge < -0.3 is 14.8 Å². The molecule has 2 aliphatic rings. The Balaban J connectivity index is 1.79. The van der Waals surface area contributed by atoms with Crippen molar-refractivity contribution in [3.8, 4) is 12.3 Å². The Hall–Kier alpha value is -0.560. The lowest BCUT2D eigenvalue weighted by molar-refractivity contribution is -0.0891. The van der Waals surface area contributed by atoms with Gasteiger partial charge in [0.25, 0.3) is 0 Å². The van der Waals surface area contributed by atoms with Crippen molar-refractivity contribution < 1.29 is 9.47 Å². The summed E-state index contributed by atoms with van der Waals surface area (Å²) in [6, 6.07) is 0.550. The monoisotopic (exact) mass is 209 g/mol. The van der Waals surface area contributed by atoms with E-state index in [2.05, 4.69) is 11.2 Å². The first kappa shape index (κ1) is 10.9. The van der Waals surface area contributed by atoms with Crippen LogP contribution in [0.2, 0.25) is 0 Å². The molecule has 0 amide bonds. The number of ether oxygens (including phenoxy) is 2. The maximum atomic E-state index is 5.86. The molecule has 0 aliphatic carbocycles. The van der Waals surface area contributed by atoms with Gasteiger partial charge in [0.2, 0.25) is 0 Å². The Labute approximate surface area is 91.5 Å². The van der Waals surface area contributed by atoms with E-state index in [1.165, 1.54) is 0 Å². The van der Waals surface area contributed by atoms with Crippen molar-refractivity contribution in [2.75, 3.05) is 26.4 Å². The lowest BCUT2D eigenvalue weighted by Crippen LogP contribution is -2.47. The maximum absolute atomic E-state index is 5.86. The molecule has 2 heterocycles. The van der Waals surface area contributed by atoms with Gasteiger partial charge in [-0.2, -0.15) is 0 Å². The number of hydrogen-bond donors (Lipinski definition) is 1. The average Bonchev–Trinajstić information content (AvgIpc) is 2.67. The Morgan fingerprint density at radius 2 is 2.40 bits per heavy atom. The minimum Gasteiger partial charge on any atom is -0.378 e. The highest BCUT2D eigenvalue weighted by Gasteiger charge is 2.40. The van der Waals surface area contributed by atoms with Crippen LogP contribution >= 0.6 is 0 Å². The van der Waals surface area contributed by atoms with E-state index in [4.69, 9.17) is 15.9 Å². The van der Waals surface area contributed by atoms with Crippen LogP contribution in [-0.4, -0.2) is 38.0 Å². The third kappa shape index (κ3) is 2.72. The topological polar surface area (TPSA) is 30.5 Å². The van der Waals surface area contributed by atoms with Gasteiger partial charge in [0, 0.05) is 38.6 Å². The molecule has 0 saturated carbocycles. The van der Waals surface area contributed by atoms with Crippen LogP contribution in [0.1, 0.15) is 25.7 Å². The standard InChI is InChI=1S/C12H19NO2/c1-2-3-6-13-11-4-7-15-12(9-11)5-8-14-10-12/h1,11,13H,3-10H2. The van der Waals surface area contributed by atoms with Crippen molar-refractivity contribution in [2.45, 2.75) is 37.3 Å². The van der Waals surface area contributed by atoms with Crippen LogP contribution in [0.3, 0.4) is 0 Å². The SMILES string of the molecule is C#CCCNC1CCOC2(CCOC2)C1. The zero-order valence-electron chi connectivity index (χ0n) is 9.13. The summed E-state index contributed by atoms with van der Waals surface area (Å²) in [6.45, 7) is 3.37. The molecular weight excluding hydrogens is 190 g/mol. The molecule has 84 valence electrons. The van der Waals surface area contributed by atoms with E-state index in [0.717, 1.165) is 52.0 Å². The molecule has 2 unspecified atom stereocenters. The van der Waals surface area contributed by atoms with E-state index in [9.17, 15) is 0 Å². The van der Waals surface area contributed by atoms with Gasteiger partial charge in [0.05, 0.1) is 12.2 Å². The van der Waals surface area contributed by atoms with Crippen LogP contribution in [0.5, 0.6) is 0 Å². The summed E-state index contributed by atoms with van der Waals surface area (Å²) in [5.74, 6) is 2.65. The van der Waals surface area contributed by atoms with Gasteiger partial charge in [0.15, 0.2) is 0 Å². The normalized spacial score (nSPS) is 35.5. The molecule has 0 aromatic heterocycles. The Bertz CT molecular complexity index is 240. The van der Waals surface area contributed by atoms with E-state index in [1.807, 2.05) is 0 Å².